The van der Waals surface area contributed by atoms with E-state index in [9.17, 15) is 5.11 Å². The lowest BCUT2D eigenvalue weighted by Gasteiger charge is -2.09. The second kappa shape index (κ2) is 7.19. The summed E-state index contributed by atoms with van der Waals surface area (Å²) >= 11 is 0. The number of rotatable bonds is 6. The van der Waals surface area contributed by atoms with Gasteiger partial charge in [0.15, 0.2) is 11.5 Å². The van der Waals surface area contributed by atoms with Crippen molar-refractivity contribution in [2.75, 3.05) is 14.2 Å². The van der Waals surface area contributed by atoms with Gasteiger partial charge in [-0.05, 0) is 47.5 Å². The van der Waals surface area contributed by atoms with Crippen LogP contribution in [-0.2, 0) is 6.54 Å². The van der Waals surface area contributed by atoms with Crippen molar-refractivity contribution < 1.29 is 14.6 Å². The van der Waals surface area contributed by atoms with Crippen LogP contribution in [0.5, 0.6) is 17.2 Å². The molecule has 0 aliphatic rings. The monoisotopic (exact) mass is 286 g/mol. The zero-order chi connectivity index (χ0) is 15.1. The number of methoxy groups -OCH3 is 2. The Hall–Kier alpha value is -2.69. The van der Waals surface area contributed by atoms with Gasteiger partial charge in [-0.15, -0.1) is 0 Å². The van der Waals surface area contributed by atoms with Gasteiger partial charge in [0.25, 0.3) is 0 Å². The smallest absolute Gasteiger partial charge is 0.161 e. The number of aromatic hydroxyl groups is 1. The molecule has 5 nitrogen and oxygen atoms in total. The highest BCUT2D eigenvalue weighted by Crippen LogP contribution is 2.27. The Balaban J connectivity index is 1.92. The van der Waals surface area contributed by atoms with Crippen molar-refractivity contribution in [3.63, 3.8) is 0 Å². The zero-order valence-corrected chi connectivity index (χ0v) is 12.0. The number of ether oxygens (including phenoxy) is 2. The first-order valence-corrected chi connectivity index (χ1v) is 6.49. The van der Waals surface area contributed by atoms with Crippen LogP contribution in [0.1, 0.15) is 11.1 Å². The summed E-state index contributed by atoms with van der Waals surface area (Å²) in [5.41, 5.74) is 4.91. The second-order valence-electron chi connectivity index (χ2n) is 4.37. The van der Waals surface area contributed by atoms with Crippen LogP contribution in [0.15, 0.2) is 47.6 Å². The van der Waals surface area contributed by atoms with Crippen molar-refractivity contribution in [1.82, 2.24) is 5.43 Å². The lowest BCUT2D eigenvalue weighted by molar-refractivity contribution is 0.354. The molecule has 0 aromatic heterocycles. The first-order valence-electron chi connectivity index (χ1n) is 6.49. The maximum Gasteiger partial charge on any atom is 0.161 e. The summed E-state index contributed by atoms with van der Waals surface area (Å²) in [5.74, 6) is 1.64. The summed E-state index contributed by atoms with van der Waals surface area (Å²) in [7, 11) is 3.22. The molecular weight excluding hydrogens is 268 g/mol. The Bertz CT molecular complexity index is 609. The van der Waals surface area contributed by atoms with E-state index < -0.39 is 0 Å². The molecule has 21 heavy (non-hydrogen) atoms. The van der Waals surface area contributed by atoms with Crippen molar-refractivity contribution >= 4 is 6.21 Å². The normalized spacial score (nSPS) is 10.6. The summed E-state index contributed by atoms with van der Waals surface area (Å²) in [5, 5.41) is 13.3. The van der Waals surface area contributed by atoms with Crippen molar-refractivity contribution in [2.24, 2.45) is 5.10 Å². The highest BCUT2D eigenvalue weighted by Gasteiger charge is 2.03. The summed E-state index contributed by atoms with van der Waals surface area (Å²) < 4.78 is 10.4. The maximum absolute atomic E-state index is 9.19. The summed E-state index contributed by atoms with van der Waals surface area (Å²) in [6.07, 6.45) is 1.69. The molecule has 0 bridgehead atoms. The molecular formula is C16H18N2O3. The van der Waals surface area contributed by atoms with Crippen molar-refractivity contribution in [2.45, 2.75) is 6.54 Å². The third-order valence-electron chi connectivity index (χ3n) is 2.93. The van der Waals surface area contributed by atoms with Gasteiger partial charge in [-0.2, -0.15) is 5.10 Å². The minimum atomic E-state index is 0.241. The van der Waals surface area contributed by atoms with E-state index in [0.717, 1.165) is 11.1 Å². The van der Waals surface area contributed by atoms with Crippen LogP contribution >= 0.6 is 0 Å². The SMILES string of the molecule is COc1ccc(CN/N=C/c2ccc(O)cc2)cc1OC. The average molecular weight is 286 g/mol. The van der Waals surface area contributed by atoms with Gasteiger partial charge in [-0.25, -0.2) is 0 Å². The molecule has 0 saturated heterocycles. The van der Waals surface area contributed by atoms with Gasteiger partial charge in [-0.3, -0.25) is 0 Å². The van der Waals surface area contributed by atoms with Crippen LogP contribution in [0.2, 0.25) is 0 Å². The van der Waals surface area contributed by atoms with Crippen LogP contribution in [0.3, 0.4) is 0 Å². The molecule has 2 N–H and O–H groups in total. The first-order chi connectivity index (χ1) is 10.2. The number of phenolic OH excluding ortho intramolecular Hbond substituents is 1. The Morgan fingerprint density at radius 3 is 2.43 bits per heavy atom. The van der Waals surface area contributed by atoms with Crippen LogP contribution < -0.4 is 14.9 Å². The van der Waals surface area contributed by atoms with Crippen LogP contribution in [-0.4, -0.2) is 25.5 Å². The van der Waals surface area contributed by atoms with Gasteiger partial charge >= 0.3 is 0 Å². The van der Waals surface area contributed by atoms with Gasteiger partial charge in [0, 0.05) is 0 Å². The van der Waals surface area contributed by atoms with E-state index in [-0.39, 0.29) is 5.75 Å². The van der Waals surface area contributed by atoms with E-state index in [0.29, 0.717) is 18.0 Å². The fourth-order valence-corrected chi connectivity index (χ4v) is 1.81. The Labute approximate surface area is 123 Å². The number of hydrazone groups is 1. The number of phenols is 1. The third-order valence-corrected chi connectivity index (χ3v) is 2.93. The van der Waals surface area contributed by atoms with Gasteiger partial charge in [-0.1, -0.05) is 6.07 Å². The summed E-state index contributed by atoms with van der Waals surface area (Å²) in [6, 6.07) is 12.5. The van der Waals surface area contributed by atoms with Gasteiger partial charge in [0.2, 0.25) is 0 Å². The molecule has 5 heteroatoms. The standard InChI is InChI=1S/C16H18N2O3/c1-20-15-8-5-13(9-16(15)21-2)11-18-17-10-12-3-6-14(19)7-4-12/h3-10,18-19H,11H2,1-2H3/b17-10+. The topological polar surface area (TPSA) is 63.1 Å². The zero-order valence-electron chi connectivity index (χ0n) is 12.0. The largest absolute Gasteiger partial charge is 0.508 e. The molecule has 0 aliphatic carbocycles. The number of hydrogen-bond donors (Lipinski definition) is 2. The number of benzene rings is 2. The molecule has 0 unspecified atom stereocenters. The van der Waals surface area contributed by atoms with Gasteiger partial charge in [0.1, 0.15) is 5.75 Å². The Morgan fingerprint density at radius 1 is 1.05 bits per heavy atom. The van der Waals surface area contributed by atoms with E-state index >= 15 is 0 Å². The molecule has 0 heterocycles. The van der Waals surface area contributed by atoms with E-state index in [4.69, 9.17) is 9.47 Å². The minimum absolute atomic E-state index is 0.241. The van der Waals surface area contributed by atoms with Crippen LogP contribution in [0.25, 0.3) is 0 Å². The molecule has 0 spiro atoms. The van der Waals surface area contributed by atoms with E-state index in [1.54, 1.807) is 44.7 Å². The fraction of sp³-hybridized carbons (Fsp3) is 0.188. The molecule has 2 rings (SSSR count). The molecule has 110 valence electrons. The molecule has 2 aromatic rings. The quantitative estimate of drug-likeness (QED) is 0.633. The molecule has 2 aromatic carbocycles. The van der Waals surface area contributed by atoms with Crippen molar-refractivity contribution in [1.29, 1.82) is 0 Å². The molecule has 0 radical (unpaired) electrons. The Kier molecular flexibility index (Phi) is 5.04. The van der Waals surface area contributed by atoms with E-state index in [2.05, 4.69) is 10.5 Å². The van der Waals surface area contributed by atoms with E-state index in [1.807, 2.05) is 18.2 Å². The lowest BCUT2D eigenvalue weighted by Crippen LogP contribution is -2.06. The van der Waals surface area contributed by atoms with Gasteiger partial charge < -0.3 is 20.0 Å². The maximum atomic E-state index is 9.19. The highest BCUT2D eigenvalue weighted by atomic mass is 16.5. The molecule has 0 atom stereocenters. The highest BCUT2D eigenvalue weighted by molar-refractivity contribution is 5.79. The molecule has 0 saturated carbocycles. The van der Waals surface area contributed by atoms with E-state index in [1.165, 1.54) is 0 Å². The Morgan fingerprint density at radius 2 is 1.76 bits per heavy atom. The molecule has 0 aliphatic heterocycles. The van der Waals surface area contributed by atoms with Crippen LogP contribution in [0, 0.1) is 0 Å². The predicted molar refractivity (Wildman–Crippen MR) is 82.1 cm³/mol. The second-order valence-corrected chi connectivity index (χ2v) is 4.37. The number of hydrogen-bond acceptors (Lipinski definition) is 5. The van der Waals surface area contributed by atoms with Crippen LogP contribution in [0.4, 0.5) is 0 Å². The molecule has 0 amide bonds. The number of nitrogens with one attached hydrogen (secondary N) is 1. The van der Waals surface area contributed by atoms with Crippen molar-refractivity contribution in [3.8, 4) is 17.2 Å². The average Bonchev–Trinajstić information content (AvgIpc) is 2.53. The van der Waals surface area contributed by atoms with Crippen molar-refractivity contribution in [3.05, 3.63) is 53.6 Å². The first kappa shape index (κ1) is 14.7. The summed E-state index contributed by atoms with van der Waals surface area (Å²) in [4.78, 5) is 0. The fourth-order valence-electron chi connectivity index (χ4n) is 1.81. The minimum Gasteiger partial charge on any atom is -0.508 e. The predicted octanol–water partition coefficient (Wildman–Crippen LogP) is 2.53. The lowest BCUT2D eigenvalue weighted by atomic mass is 10.2. The van der Waals surface area contributed by atoms with Gasteiger partial charge in [0.05, 0.1) is 27.0 Å². The number of nitrogens with zero attached hydrogens (tertiary/aromatic N) is 1. The molecule has 0 fully saturated rings. The third kappa shape index (κ3) is 4.14. The summed E-state index contributed by atoms with van der Waals surface area (Å²) in [6.45, 7) is 0.578.